The number of nitrogens with zero attached hydrogens (tertiary/aromatic N) is 1. The van der Waals surface area contributed by atoms with E-state index in [2.05, 4.69) is 36.1 Å². The molecule has 0 atom stereocenters. The van der Waals surface area contributed by atoms with Crippen LogP contribution in [0.4, 0.5) is 0 Å². The Hall–Kier alpha value is -1.93. The first-order valence-corrected chi connectivity index (χ1v) is 8.09. The second kappa shape index (κ2) is 6.89. The minimum atomic E-state index is 0.191. The van der Waals surface area contributed by atoms with Gasteiger partial charge in [-0.3, -0.25) is 9.69 Å². The Morgan fingerprint density at radius 1 is 1.05 bits per heavy atom. The van der Waals surface area contributed by atoms with Gasteiger partial charge in [0.1, 0.15) is 0 Å². The molecule has 2 heteroatoms. The Labute approximate surface area is 132 Å². The number of carbonyl (C=O) groups excluding carboxylic acids is 1. The first-order valence-electron chi connectivity index (χ1n) is 8.09. The van der Waals surface area contributed by atoms with Gasteiger partial charge in [0.15, 0.2) is 5.78 Å². The van der Waals surface area contributed by atoms with Gasteiger partial charge in [0.25, 0.3) is 0 Å². The number of likely N-dealkylation sites (tertiary alicyclic amines) is 1. The third-order valence-electron chi connectivity index (χ3n) is 4.51. The van der Waals surface area contributed by atoms with Crippen LogP contribution in [0.1, 0.15) is 34.3 Å². The van der Waals surface area contributed by atoms with Crippen molar-refractivity contribution in [2.75, 3.05) is 13.1 Å². The second-order valence-corrected chi connectivity index (χ2v) is 6.27. The molecule has 0 unspecified atom stereocenters. The third-order valence-corrected chi connectivity index (χ3v) is 4.51. The fourth-order valence-electron chi connectivity index (χ4n) is 3.26. The fraction of sp³-hybridized carbons (Fsp3) is 0.350. The van der Waals surface area contributed by atoms with Crippen LogP contribution in [0, 0.1) is 12.8 Å². The molecular weight excluding hydrogens is 270 g/mol. The largest absolute Gasteiger partial charge is 0.299 e. The van der Waals surface area contributed by atoms with E-state index >= 15 is 0 Å². The summed E-state index contributed by atoms with van der Waals surface area (Å²) >= 11 is 0. The summed E-state index contributed by atoms with van der Waals surface area (Å²) in [6.45, 7) is 5.15. The number of rotatable bonds is 4. The van der Waals surface area contributed by atoms with Crippen molar-refractivity contribution < 1.29 is 4.79 Å². The summed E-state index contributed by atoms with van der Waals surface area (Å²) in [4.78, 5) is 15.0. The van der Waals surface area contributed by atoms with E-state index in [1.165, 1.54) is 11.1 Å². The van der Waals surface area contributed by atoms with Crippen LogP contribution < -0.4 is 0 Å². The Bertz CT molecular complexity index is 627. The number of aryl methyl sites for hydroxylation is 1. The smallest absolute Gasteiger partial charge is 0.166 e. The number of piperidine rings is 1. The van der Waals surface area contributed by atoms with Crippen LogP contribution in [0.2, 0.25) is 0 Å². The standard InChI is InChI=1S/C20H23NO/c1-16-6-5-7-17(14-16)15-21-12-10-19(11-13-21)20(22)18-8-3-2-4-9-18/h2-9,14,19H,10-13,15H2,1H3. The molecule has 0 spiro atoms. The zero-order valence-corrected chi connectivity index (χ0v) is 13.2. The van der Waals surface area contributed by atoms with E-state index < -0.39 is 0 Å². The fourth-order valence-corrected chi connectivity index (χ4v) is 3.26. The van der Waals surface area contributed by atoms with Crippen molar-refractivity contribution in [3.05, 3.63) is 71.3 Å². The summed E-state index contributed by atoms with van der Waals surface area (Å²) in [5.41, 5.74) is 3.54. The molecule has 0 saturated carbocycles. The van der Waals surface area contributed by atoms with Gasteiger partial charge in [-0.25, -0.2) is 0 Å². The van der Waals surface area contributed by atoms with Gasteiger partial charge < -0.3 is 0 Å². The van der Waals surface area contributed by atoms with Gasteiger partial charge in [-0.1, -0.05) is 60.2 Å². The lowest BCUT2D eigenvalue weighted by Gasteiger charge is -2.31. The minimum absolute atomic E-state index is 0.191. The normalized spacial score (nSPS) is 16.6. The topological polar surface area (TPSA) is 20.3 Å². The van der Waals surface area contributed by atoms with E-state index in [0.29, 0.717) is 5.78 Å². The van der Waals surface area contributed by atoms with Crippen molar-refractivity contribution in [1.29, 1.82) is 0 Å². The van der Waals surface area contributed by atoms with Crippen LogP contribution in [-0.4, -0.2) is 23.8 Å². The number of benzene rings is 2. The summed E-state index contributed by atoms with van der Waals surface area (Å²) < 4.78 is 0. The zero-order valence-electron chi connectivity index (χ0n) is 13.2. The maximum absolute atomic E-state index is 12.5. The lowest BCUT2D eigenvalue weighted by Crippen LogP contribution is -2.35. The van der Waals surface area contributed by atoms with Crippen LogP contribution in [0.25, 0.3) is 0 Å². The molecule has 114 valence electrons. The summed E-state index contributed by atoms with van der Waals surface area (Å²) in [6.07, 6.45) is 1.94. The van der Waals surface area contributed by atoms with E-state index in [1.807, 2.05) is 30.3 Å². The Morgan fingerprint density at radius 2 is 1.77 bits per heavy atom. The van der Waals surface area contributed by atoms with Gasteiger partial charge in [-0.2, -0.15) is 0 Å². The number of ketones is 1. The average molecular weight is 293 g/mol. The van der Waals surface area contributed by atoms with E-state index in [9.17, 15) is 4.79 Å². The van der Waals surface area contributed by atoms with Crippen LogP contribution in [-0.2, 0) is 6.54 Å². The van der Waals surface area contributed by atoms with E-state index in [0.717, 1.165) is 38.0 Å². The molecule has 2 nitrogen and oxygen atoms in total. The van der Waals surface area contributed by atoms with Gasteiger partial charge in [-0.05, 0) is 38.4 Å². The molecule has 1 saturated heterocycles. The van der Waals surface area contributed by atoms with Crippen LogP contribution in [0.15, 0.2) is 54.6 Å². The van der Waals surface area contributed by atoms with Crippen molar-refractivity contribution in [2.24, 2.45) is 5.92 Å². The first kappa shape index (κ1) is 15.0. The van der Waals surface area contributed by atoms with E-state index in [4.69, 9.17) is 0 Å². The van der Waals surface area contributed by atoms with Gasteiger partial charge in [0.05, 0.1) is 0 Å². The molecule has 22 heavy (non-hydrogen) atoms. The molecule has 0 amide bonds. The number of Topliss-reactive ketones (excluding diaryl/α,β-unsaturated/α-hetero) is 1. The molecule has 0 radical (unpaired) electrons. The Morgan fingerprint density at radius 3 is 2.45 bits per heavy atom. The highest BCUT2D eigenvalue weighted by molar-refractivity contribution is 5.97. The molecule has 3 rings (SSSR count). The molecule has 1 aliphatic rings. The lowest BCUT2D eigenvalue weighted by atomic mass is 9.89. The molecule has 1 aliphatic heterocycles. The predicted octanol–water partition coefficient (Wildman–Crippen LogP) is 4.09. The summed E-state index contributed by atoms with van der Waals surface area (Å²) in [5, 5.41) is 0. The highest BCUT2D eigenvalue weighted by Crippen LogP contribution is 2.23. The van der Waals surface area contributed by atoms with E-state index in [-0.39, 0.29) is 5.92 Å². The average Bonchev–Trinajstić information content (AvgIpc) is 2.56. The van der Waals surface area contributed by atoms with Gasteiger partial charge >= 0.3 is 0 Å². The zero-order chi connectivity index (χ0) is 15.4. The molecule has 1 heterocycles. The van der Waals surface area contributed by atoms with Crippen molar-refractivity contribution in [1.82, 2.24) is 4.90 Å². The molecule has 1 fully saturated rings. The first-order chi connectivity index (χ1) is 10.7. The highest BCUT2D eigenvalue weighted by atomic mass is 16.1. The van der Waals surface area contributed by atoms with Crippen molar-refractivity contribution in [2.45, 2.75) is 26.3 Å². The summed E-state index contributed by atoms with van der Waals surface area (Å²) in [5.74, 6) is 0.506. The predicted molar refractivity (Wildman–Crippen MR) is 90.0 cm³/mol. The van der Waals surface area contributed by atoms with Gasteiger partial charge in [-0.15, -0.1) is 0 Å². The Balaban J connectivity index is 1.55. The maximum Gasteiger partial charge on any atom is 0.166 e. The summed E-state index contributed by atoms with van der Waals surface area (Å²) in [6, 6.07) is 18.4. The van der Waals surface area contributed by atoms with Crippen LogP contribution in [0.5, 0.6) is 0 Å². The maximum atomic E-state index is 12.5. The highest BCUT2D eigenvalue weighted by Gasteiger charge is 2.25. The molecule has 0 bridgehead atoms. The van der Waals surface area contributed by atoms with Crippen molar-refractivity contribution in [3.8, 4) is 0 Å². The SMILES string of the molecule is Cc1cccc(CN2CCC(C(=O)c3ccccc3)CC2)c1. The minimum Gasteiger partial charge on any atom is -0.299 e. The van der Waals surface area contributed by atoms with Gasteiger partial charge in [0.2, 0.25) is 0 Å². The lowest BCUT2D eigenvalue weighted by molar-refractivity contribution is 0.0835. The molecule has 0 aromatic heterocycles. The third kappa shape index (κ3) is 3.63. The van der Waals surface area contributed by atoms with Crippen molar-refractivity contribution in [3.63, 3.8) is 0 Å². The molecular formula is C20H23NO. The number of hydrogen-bond donors (Lipinski definition) is 0. The molecule has 0 N–H and O–H groups in total. The monoisotopic (exact) mass is 293 g/mol. The second-order valence-electron chi connectivity index (χ2n) is 6.27. The molecule has 2 aromatic carbocycles. The Kier molecular flexibility index (Phi) is 4.69. The quantitative estimate of drug-likeness (QED) is 0.791. The van der Waals surface area contributed by atoms with Crippen LogP contribution >= 0.6 is 0 Å². The summed E-state index contributed by atoms with van der Waals surface area (Å²) in [7, 11) is 0. The number of hydrogen-bond acceptors (Lipinski definition) is 2. The van der Waals surface area contributed by atoms with Crippen LogP contribution in [0.3, 0.4) is 0 Å². The van der Waals surface area contributed by atoms with Crippen molar-refractivity contribution >= 4 is 5.78 Å². The number of carbonyl (C=O) groups is 1. The molecule has 0 aliphatic carbocycles. The van der Waals surface area contributed by atoms with E-state index in [1.54, 1.807) is 0 Å². The van der Waals surface area contributed by atoms with Gasteiger partial charge in [0, 0.05) is 18.0 Å². The molecule has 2 aromatic rings.